The average Bonchev–Trinajstić information content (AvgIpc) is 2.89. The molecule has 96 valence electrons. The lowest BCUT2D eigenvalue weighted by Gasteiger charge is -2.25. The predicted octanol–water partition coefficient (Wildman–Crippen LogP) is 2.19. The van der Waals surface area contributed by atoms with Crippen LogP contribution in [0.15, 0.2) is 12.4 Å². The lowest BCUT2D eigenvalue weighted by molar-refractivity contribution is 0.236. The molecule has 1 saturated heterocycles. The summed E-state index contributed by atoms with van der Waals surface area (Å²) in [6.07, 6.45) is 6.65. The van der Waals surface area contributed by atoms with Gasteiger partial charge in [0.2, 0.25) is 5.95 Å². The van der Waals surface area contributed by atoms with Crippen LogP contribution in [-0.2, 0) is 6.54 Å². The fraction of sp³-hybridized carbons (Fsp3) is 0.769. The number of hydrogen-bond acceptors (Lipinski definition) is 3. The van der Waals surface area contributed by atoms with Gasteiger partial charge in [-0.3, -0.25) is 4.90 Å². The van der Waals surface area contributed by atoms with E-state index in [1.807, 2.05) is 6.20 Å². The summed E-state index contributed by atoms with van der Waals surface area (Å²) in [7, 11) is 0. The number of nitrogens with zero attached hydrogens (tertiary/aromatic N) is 3. The molecule has 1 aromatic rings. The summed E-state index contributed by atoms with van der Waals surface area (Å²) in [6.45, 7) is 10.1. The number of imidazole rings is 1. The van der Waals surface area contributed by atoms with E-state index < -0.39 is 0 Å². The fourth-order valence-electron chi connectivity index (χ4n) is 2.44. The molecule has 1 N–H and O–H groups in total. The molecular formula is C13H24N4. The van der Waals surface area contributed by atoms with Crippen LogP contribution in [0.5, 0.6) is 0 Å². The standard InChI is InChI=1S/C13H24N4/c1-11(2)15-13-14-6-9-17(13)10-12(3)16-7-4-5-8-16/h6,9,11-12H,4-5,7-8,10H2,1-3H3,(H,14,15). The molecule has 1 unspecified atom stereocenters. The Balaban J connectivity index is 1.95. The molecule has 0 saturated carbocycles. The highest BCUT2D eigenvalue weighted by molar-refractivity contribution is 5.26. The Morgan fingerprint density at radius 1 is 1.29 bits per heavy atom. The van der Waals surface area contributed by atoms with Crippen LogP contribution in [0.25, 0.3) is 0 Å². The van der Waals surface area contributed by atoms with E-state index in [2.05, 4.69) is 46.7 Å². The SMILES string of the molecule is CC(C)Nc1nccn1CC(C)N1CCCC1. The number of nitrogens with one attached hydrogen (secondary N) is 1. The molecule has 0 aliphatic carbocycles. The minimum Gasteiger partial charge on any atom is -0.353 e. The van der Waals surface area contributed by atoms with E-state index in [0.29, 0.717) is 12.1 Å². The maximum Gasteiger partial charge on any atom is 0.203 e. The van der Waals surface area contributed by atoms with Gasteiger partial charge in [-0.25, -0.2) is 4.98 Å². The van der Waals surface area contributed by atoms with Gasteiger partial charge >= 0.3 is 0 Å². The molecular weight excluding hydrogens is 212 g/mol. The highest BCUT2D eigenvalue weighted by atomic mass is 15.2. The Morgan fingerprint density at radius 2 is 2.00 bits per heavy atom. The Morgan fingerprint density at radius 3 is 2.65 bits per heavy atom. The van der Waals surface area contributed by atoms with E-state index in [9.17, 15) is 0 Å². The molecule has 1 fully saturated rings. The van der Waals surface area contributed by atoms with E-state index in [4.69, 9.17) is 0 Å². The van der Waals surface area contributed by atoms with Crippen LogP contribution in [0.2, 0.25) is 0 Å². The third-order valence-corrected chi connectivity index (χ3v) is 3.36. The van der Waals surface area contributed by atoms with Gasteiger partial charge in [-0.1, -0.05) is 0 Å². The first kappa shape index (κ1) is 12.4. The quantitative estimate of drug-likeness (QED) is 0.850. The van der Waals surface area contributed by atoms with Crippen molar-refractivity contribution in [1.82, 2.24) is 14.5 Å². The second-order valence-corrected chi connectivity index (χ2v) is 5.29. The molecule has 2 heterocycles. The van der Waals surface area contributed by atoms with Crippen molar-refractivity contribution in [2.45, 2.75) is 52.2 Å². The molecule has 4 heteroatoms. The summed E-state index contributed by atoms with van der Waals surface area (Å²) < 4.78 is 2.23. The zero-order valence-corrected chi connectivity index (χ0v) is 11.2. The lowest BCUT2D eigenvalue weighted by Crippen LogP contribution is -2.34. The Kier molecular flexibility index (Phi) is 4.05. The fourth-order valence-corrected chi connectivity index (χ4v) is 2.44. The van der Waals surface area contributed by atoms with Crippen molar-refractivity contribution in [3.8, 4) is 0 Å². The van der Waals surface area contributed by atoms with E-state index in [1.165, 1.54) is 25.9 Å². The van der Waals surface area contributed by atoms with Crippen molar-refractivity contribution < 1.29 is 0 Å². The first-order valence-corrected chi connectivity index (χ1v) is 6.68. The molecule has 0 radical (unpaired) electrons. The average molecular weight is 236 g/mol. The minimum absolute atomic E-state index is 0.429. The van der Waals surface area contributed by atoms with Crippen molar-refractivity contribution >= 4 is 5.95 Å². The second-order valence-electron chi connectivity index (χ2n) is 5.29. The third kappa shape index (κ3) is 3.22. The second kappa shape index (κ2) is 5.54. The van der Waals surface area contributed by atoms with Crippen LogP contribution in [0.4, 0.5) is 5.95 Å². The Labute approximate surface area is 104 Å². The molecule has 17 heavy (non-hydrogen) atoms. The van der Waals surface area contributed by atoms with Gasteiger partial charge in [0.05, 0.1) is 0 Å². The number of likely N-dealkylation sites (tertiary alicyclic amines) is 1. The van der Waals surface area contributed by atoms with Gasteiger partial charge in [-0.15, -0.1) is 0 Å². The first-order valence-electron chi connectivity index (χ1n) is 6.68. The monoisotopic (exact) mass is 236 g/mol. The molecule has 1 aliphatic rings. The predicted molar refractivity (Wildman–Crippen MR) is 71.3 cm³/mol. The molecule has 0 amide bonds. The van der Waals surface area contributed by atoms with Gasteiger partial charge in [0.1, 0.15) is 0 Å². The third-order valence-electron chi connectivity index (χ3n) is 3.36. The molecule has 2 rings (SSSR count). The highest BCUT2D eigenvalue weighted by Crippen LogP contribution is 2.15. The molecule has 0 spiro atoms. The van der Waals surface area contributed by atoms with Crippen LogP contribution < -0.4 is 5.32 Å². The summed E-state index contributed by atoms with van der Waals surface area (Å²) >= 11 is 0. The van der Waals surface area contributed by atoms with Crippen LogP contribution in [0.1, 0.15) is 33.6 Å². The highest BCUT2D eigenvalue weighted by Gasteiger charge is 2.19. The molecule has 1 aliphatic heterocycles. The molecule has 4 nitrogen and oxygen atoms in total. The number of rotatable bonds is 5. The van der Waals surface area contributed by atoms with Gasteiger partial charge in [0.15, 0.2) is 0 Å². The van der Waals surface area contributed by atoms with Crippen molar-refractivity contribution in [2.75, 3.05) is 18.4 Å². The Bertz CT molecular complexity index is 339. The largest absolute Gasteiger partial charge is 0.353 e. The number of anilines is 1. The molecule has 1 aromatic heterocycles. The zero-order chi connectivity index (χ0) is 12.3. The smallest absolute Gasteiger partial charge is 0.203 e. The molecule has 0 bridgehead atoms. The van der Waals surface area contributed by atoms with Crippen molar-refractivity contribution in [3.63, 3.8) is 0 Å². The summed E-state index contributed by atoms with van der Waals surface area (Å²) in [5.41, 5.74) is 0. The minimum atomic E-state index is 0.429. The van der Waals surface area contributed by atoms with Gasteiger partial charge in [-0.05, 0) is 46.7 Å². The summed E-state index contributed by atoms with van der Waals surface area (Å²) in [4.78, 5) is 6.94. The summed E-state index contributed by atoms with van der Waals surface area (Å²) in [6, 6.07) is 1.03. The van der Waals surface area contributed by atoms with Crippen LogP contribution in [0, 0.1) is 0 Å². The molecule has 0 aromatic carbocycles. The Hall–Kier alpha value is -1.03. The maximum atomic E-state index is 4.37. The van der Waals surface area contributed by atoms with Gasteiger partial charge in [0.25, 0.3) is 0 Å². The van der Waals surface area contributed by atoms with E-state index in [0.717, 1.165) is 12.5 Å². The van der Waals surface area contributed by atoms with Crippen molar-refractivity contribution in [2.24, 2.45) is 0 Å². The lowest BCUT2D eigenvalue weighted by atomic mass is 10.3. The molecule has 1 atom stereocenters. The van der Waals surface area contributed by atoms with Gasteiger partial charge in [0, 0.05) is 31.0 Å². The number of aromatic nitrogens is 2. The van der Waals surface area contributed by atoms with Gasteiger partial charge in [-0.2, -0.15) is 0 Å². The van der Waals surface area contributed by atoms with Crippen LogP contribution in [0.3, 0.4) is 0 Å². The first-order chi connectivity index (χ1) is 8.16. The van der Waals surface area contributed by atoms with Gasteiger partial charge < -0.3 is 9.88 Å². The van der Waals surface area contributed by atoms with E-state index >= 15 is 0 Å². The maximum absolute atomic E-state index is 4.37. The normalized spacial score (nSPS) is 18.8. The zero-order valence-electron chi connectivity index (χ0n) is 11.2. The topological polar surface area (TPSA) is 33.1 Å². The summed E-state index contributed by atoms with van der Waals surface area (Å²) in [5.74, 6) is 0.992. The van der Waals surface area contributed by atoms with Crippen LogP contribution in [-0.4, -0.2) is 39.6 Å². The van der Waals surface area contributed by atoms with E-state index in [1.54, 1.807) is 0 Å². The number of hydrogen-bond donors (Lipinski definition) is 1. The van der Waals surface area contributed by atoms with Crippen molar-refractivity contribution in [1.29, 1.82) is 0 Å². The summed E-state index contributed by atoms with van der Waals surface area (Å²) in [5, 5.41) is 3.38. The van der Waals surface area contributed by atoms with E-state index in [-0.39, 0.29) is 0 Å². The van der Waals surface area contributed by atoms with Crippen molar-refractivity contribution in [3.05, 3.63) is 12.4 Å². The van der Waals surface area contributed by atoms with Crippen LogP contribution >= 0.6 is 0 Å².